The molecule has 0 bridgehead atoms. The first-order chi connectivity index (χ1) is 8.29. The fourth-order valence-corrected chi connectivity index (χ4v) is 3.49. The Morgan fingerprint density at radius 1 is 1.35 bits per heavy atom. The van der Waals surface area contributed by atoms with Crippen LogP contribution in [0.3, 0.4) is 0 Å². The summed E-state index contributed by atoms with van der Waals surface area (Å²) >= 11 is 10.2. The van der Waals surface area contributed by atoms with Gasteiger partial charge in [-0.25, -0.2) is 0 Å². The number of anilines is 1. The van der Waals surface area contributed by atoms with E-state index in [0.717, 1.165) is 28.1 Å². The highest BCUT2D eigenvalue weighted by molar-refractivity contribution is 8.00. The second-order valence-corrected chi connectivity index (χ2v) is 6.64. The van der Waals surface area contributed by atoms with Crippen LogP contribution in [-0.2, 0) is 5.75 Å². The minimum Gasteiger partial charge on any atom is -0.360 e. The van der Waals surface area contributed by atoms with E-state index in [1.807, 2.05) is 0 Å². The molecule has 0 saturated heterocycles. The largest absolute Gasteiger partial charge is 0.360 e. The van der Waals surface area contributed by atoms with Gasteiger partial charge < -0.3 is 5.32 Å². The van der Waals surface area contributed by atoms with Crippen molar-refractivity contribution in [3.8, 4) is 0 Å². The predicted octanol–water partition coefficient (Wildman–Crippen LogP) is 3.16. The highest BCUT2D eigenvalue weighted by Gasteiger charge is 2.09. The van der Waals surface area contributed by atoms with Gasteiger partial charge in [-0.15, -0.1) is 15.3 Å². The zero-order valence-electron chi connectivity index (χ0n) is 9.01. The average molecular weight is 308 g/mol. The first-order valence-corrected chi connectivity index (χ1v) is 7.92. The van der Waals surface area contributed by atoms with Crippen molar-refractivity contribution >= 4 is 51.4 Å². The number of thioether (sulfide) groups is 1. The number of hydrogen-bond acceptors (Lipinski definition) is 8. The molecule has 0 fully saturated rings. The lowest BCUT2D eigenvalue weighted by atomic mass is 10.5. The van der Waals surface area contributed by atoms with Crippen LogP contribution in [0.2, 0.25) is 4.34 Å². The Morgan fingerprint density at radius 2 is 2.24 bits per heavy atom. The molecule has 2 rings (SSSR count). The summed E-state index contributed by atoms with van der Waals surface area (Å²) in [6.45, 7) is 3.03. The molecule has 2 aromatic rings. The molecule has 17 heavy (non-hydrogen) atoms. The third-order valence-electron chi connectivity index (χ3n) is 1.77. The van der Waals surface area contributed by atoms with E-state index in [2.05, 4.69) is 32.0 Å². The van der Waals surface area contributed by atoms with E-state index in [-0.39, 0.29) is 0 Å². The second kappa shape index (κ2) is 6.48. The highest BCUT2D eigenvalue weighted by atomic mass is 35.5. The first kappa shape index (κ1) is 13.0. The third kappa shape index (κ3) is 3.77. The average Bonchev–Trinajstić information content (AvgIpc) is 2.93. The molecule has 92 valence electrons. The molecule has 2 aromatic heterocycles. The molecule has 1 N–H and O–H groups in total. The van der Waals surface area contributed by atoms with Crippen LogP contribution in [0, 0.1) is 0 Å². The SMILES string of the molecule is CCCNc1nnc(SCc2nnsc2Cl)s1. The topological polar surface area (TPSA) is 63.6 Å². The molecule has 0 aromatic carbocycles. The molecule has 9 heteroatoms. The Hall–Kier alpha value is -0.440. The third-order valence-corrected chi connectivity index (χ3v) is 4.78. The quantitative estimate of drug-likeness (QED) is 0.827. The summed E-state index contributed by atoms with van der Waals surface area (Å²) in [5.41, 5.74) is 0.805. The molecule has 0 atom stereocenters. The Kier molecular flexibility index (Phi) is 4.96. The van der Waals surface area contributed by atoms with Crippen molar-refractivity contribution < 1.29 is 0 Å². The van der Waals surface area contributed by atoms with Gasteiger partial charge in [0.15, 0.2) is 4.34 Å². The summed E-state index contributed by atoms with van der Waals surface area (Å²) in [6, 6.07) is 0. The van der Waals surface area contributed by atoms with Crippen molar-refractivity contribution in [3.05, 3.63) is 10.0 Å². The van der Waals surface area contributed by atoms with Gasteiger partial charge in [0, 0.05) is 23.8 Å². The zero-order valence-corrected chi connectivity index (χ0v) is 12.2. The number of nitrogens with zero attached hydrogens (tertiary/aromatic N) is 4. The van der Waals surface area contributed by atoms with Crippen LogP contribution in [0.4, 0.5) is 5.13 Å². The molecule has 0 aliphatic carbocycles. The molecular weight excluding hydrogens is 298 g/mol. The lowest BCUT2D eigenvalue weighted by molar-refractivity contribution is 0.951. The molecule has 0 aliphatic heterocycles. The standard InChI is InChI=1S/C8H10ClN5S3/c1-2-3-10-7-12-13-8(16-7)15-4-5-6(9)17-14-11-5/h2-4H2,1H3,(H,10,12). The maximum absolute atomic E-state index is 5.91. The van der Waals surface area contributed by atoms with Crippen LogP contribution in [0.15, 0.2) is 4.34 Å². The number of halogens is 1. The monoisotopic (exact) mass is 307 g/mol. The normalized spacial score (nSPS) is 10.7. The lowest BCUT2D eigenvalue weighted by Gasteiger charge is -1.95. The van der Waals surface area contributed by atoms with E-state index in [1.54, 1.807) is 23.1 Å². The molecule has 0 aliphatic rings. The molecule has 0 radical (unpaired) electrons. The lowest BCUT2D eigenvalue weighted by Crippen LogP contribution is -1.98. The second-order valence-electron chi connectivity index (χ2n) is 3.08. The summed E-state index contributed by atoms with van der Waals surface area (Å²) in [4.78, 5) is 0. The van der Waals surface area contributed by atoms with Crippen molar-refractivity contribution in [3.63, 3.8) is 0 Å². The van der Waals surface area contributed by atoms with Crippen molar-refractivity contribution in [2.75, 3.05) is 11.9 Å². The minimum absolute atomic E-state index is 0.645. The van der Waals surface area contributed by atoms with Crippen LogP contribution in [0.5, 0.6) is 0 Å². The number of nitrogens with one attached hydrogen (secondary N) is 1. The van der Waals surface area contributed by atoms with Gasteiger partial charge in [-0.2, -0.15) is 0 Å². The van der Waals surface area contributed by atoms with Crippen LogP contribution in [-0.4, -0.2) is 26.3 Å². The van der Waals surface area contributed by atoms with Crippen LogP contribution < -0.4 is 5.32 Å². The molecule has 2 heterocycles. The van der Waals surface area contributed by atoms with Gasteiger partial charge in [0.25, 0.3) is 0 Å². The van der Waals surface area contributed by atoms with Gasteiger partial charge in [-0.05, 0) is 6.42 Å². The molecule has 0 amide bonds. The maximum Gasteiger partial charge on any atom is 0.206 e. The summed E-state index contributed by atoms with van der Waals surface area (Å²) in [7, 11) is 0. The van der Waals surface area contributed by atoms with Crippen molar-refractivity contribution in [1.82, 2.24) is 19.8 Å². The van der Waals surface area contributed by atoms with Crippen LogP contribution in [0.1, 0.15) is 19.0 Å². The molecule has 0 unspecified atom stereocenters. The Balaban J connectivity index is 1.87. The summed E-state index contributed by atoms with van der Waals surface area (Å²) in [6.07, 6.45) is 1.07. The van der Waals surface area contributed by atoms with Crippen LogP contribution in [0.25, 0.3) is 0 Å². The Labute approximate surface area is 116 Å². The van der Waals surface area contributed by atoms with Crippen molar-refractivity contribution in [1.29, 1.82) is 0 Å². The van der Waals surface area contributed by atoms with Gasteiger partial charge in [0.2, 0.25) is 5.13 Å². The molecular formula is C8H10ClN5S3. The van der Waals surface area contributed by atoms with Gasteiger partial charge in [-0.1, -0.05) is 46.1 Å². The van der Waals surface area contributed by atoms with Crippen LogP contribution >= 0.6 is 46.2 Å². The van der Waals surface area contributed by atoms with Gasteiger partial charge in [-0.3, -0.25) is 0 Å². The number of aromatic nitrogens is 4. The summed E-state index contributed by atoms with van der Waals surface area (Å²) in [5.74, 6) is 0.678. The van der Waals surface area contributed by atoms with E-state index in [4.69, 9.17) is 11.6 Å². The zero-order chi connectivity index (χ0) is 12.1. The fourth-order valence-electron chi connectivity index (χ4n) is 0.985. The molecule has 5 nitrogen and oxygen atoms in total. The Bertz CT molecular complexity index is 471. The van der Waals surface area contributed by atoms with Gasteiger partial charge in [0.05, 0.1) is 0 Å². The molecule has 0 saturated carbocycles. The van der Waals surface area contributed by atoms with Crippen molar-refractivity contribution in [2.24, 2.45) is 0 Å². The Morgan fingerprint density at radius 3 is 2.94 bits per heavy atom. The van der Waals surface area contributed by atoms with E-state index in [9.17, 15) is 0 Å². The minimum atomic E-state index is 0.645. The van der Waals surface area contributed by atoms with E-state index < -0.39 is 0 Å². The smallest absolute Gasteiger partial charge is 0.206 e. The first-order valence-electron chi connectivity index (χ1n) is 4.96. The predicted molar refractivity (Wildman–Crippen MR) is 73.2 cm³/mol. The van der Waals surface area contributed by atoms with Gasteiger partial charge in [0.1, 0.15) is 10.0 Å². The highest BCUT2D eigenvalue weighted by Crippen LogP contribution is 2.30. The number of hydrogen-bond donors (Lipinski definition) is 1. The van der Waals surface area contributed by atoms with E-state index in [0.29, 0.717) is 10.1 Å². The summed E-state index contributed by atoms with van der Waals surface area (Å²) in [5, 5.41) is 16.1. The summed E-state index contributed by atoms with van der Waals surface area (Å²) < 4.78 is 5.34. The fraction of sp³-hybridized carbons (Fsp3) is 0.500. The van der Waals surface area contributed by atoms with E-state index in [1.165, 1.54) is 11.5 Å². The maximum atomic E-state index is 5.91. The van der Waals surface area contributed by atoms with Crippen molar-refractivity contribution in [2.45, 2.75) is 23.4 Å². The number of rotatable bonds is 6. The van der Waals surface area contributed by atoms with Gasteiger partial charge >= 0.3 is 0 Å². The van der Waals surface area contributed by atoms with E-state index >= 15 is 0 Å². The molecule has 0 spiro atoms.